The lowest BCUT2D eigenvalue weighted by molar-refractivity contribution is -0.0184. The second-order valence-corrected chi connectivity index (χ2v) is 4.85. The summed E-state index contributed by atoms with van der Waals surface area (Å²) < 4.78 is 12.1. The molecule has 1 fully saturated rings. The van der Waals surface area contributed by atoms with E-state index in [-0.39, 0.29) is 11.6 Å². The Labute approximate surface area is 97.3 Å². The van der Waals surface area contributed by atoms with Gasteiger partial charge in [0.1, 0.15) is 11.8 Å². The van der Waals surface area contributed by atoms with Crippen molar-refractivity contribution in [2.75, 3.05) is 6.61 Å². The van der Waals surface area contributed by atoms with Crippen LogP contribution in [0.5, 0.6) is 0 Å². The molecule has 2 unspecified atom stereocenters. The topological polar surface area (TPSA) is 60.4 Å². The summed E-state index contributed by atoms with van der Waals surface area (Å²) in [6.45, 7) is 2.84. The van der Waals surface area contributed by atoms with Crippen LogP contribution in [0, 0.1) is 0 Å². The van der Waals surface area contributed by atoms with Gasteiger partial charge < -0.3 is 9.15 Å². The lowest BCUT2D eigenvalue weighted by Gasteiger charge is -2.31. The van der Waals surface area contributed by atoms with E-state index in [4.69, 9.17) is 15.0 Å². The van der Waals surface area contributed by atoms with Gasteiger partial charge in [0, 0.05) is 6.61 Å². The number of ether oxygens (including phenoxy) is 1. The predicted octanol–water partition coefficient (Wildman–Crippen LogP) is 2.12. The maximum Gasteiger partial charge on any atom is 0.139 e. The van der Waals surface area contributed by atoms with Gasteiger partial charge in [-0.15, -0.1) is 0 Å². The number of nitrogens with two attached hydrogens (primary N) is 1. The van der Waals surface area contributed by atoms with Crippen molar-refractivity contribution >= 4 is 15.9 Å². The maximum absolute atomic E-state index is 5.75. The molecule has 2 atom stereocenters. The Kier molecular flexibility index (Phi) is 3.16. The van der Waals surface area contributed by atoms with Crippen LogP contribution in [0.25, 0.3) is 0 Å². The van der Waals surface area contributed by atoms with E-state index < -0.39 is 0 Å². The number of halogens is 1. The molecule has 1 aromatic rings. The fourth-order valence-electron chi connectivity index (χ4n) is 2.07. The first-order chi connectivity index (χ1) is 7.17. The highest BCUT2D eigenvalue weighted by atomic mass is 79.9. The molecular weight excluding hydrogens is 260 g/mol. The Morgan fingerprint density at radius 1 is 1.67 bits per heavy atom. The molecule has 0 aliphatic carbocycles. The first kappa shape index (κ1) is 11.1. The van der Waals surface area contributed by atoms with E-state index in [2.05, 4.69) is 28.3 Å². The summed E-state index contributed by atoms with van der Waals surface area (Å²) in [6.07, 6.45) is 3.68. The Morgan fingerprint density at radius 3 is 2.93 bits per heavy atom. The molecule has 84 valence electrons. The van der Waals surface area contributed by atoms with Gasteiger partial charge in [0.05, 0.1) is 16.3 Å². The molecule has 1 aliphatic heterocycles. The molecule has 4 nitrogen and oxygen atoms in total. The van der Waals surface area contributed by atoms with E-state index in [1.54, 1.807) is 6.26 Å². The lowest BCUT2D eigenvalue weighted by atomic mass is 9.92. The summed E-state index contributed by atoms with van der Waals surface area (Å²) in [6, 6.07) is 1.74. The lowest BCUT2D eigenvalue weighted by Crippen LogP contribution is -2.44. The average molecular weight is 275 g/mol. The van der Waals surface area contributed by atoms with Gasteiger partial charge in [-0.1, -0.05) is 0 Å². The van der Waals surface area contributed by atoms with Crippen LogP contribution >= 0.6 is 15.9 Å². The van der Waals surface area contributed by atoms with Crippen molar-refractivity contribution in [3.05, 3.63) is 22.6 Å². The third-order valence-electron chi connectivity index (χ3n) is 2.93. The normalized spacial score (nSPS) is 28.2. The summed E-state index contributed by atoms with van der Waals surface area (Å²) in [4.78, 5) is 0. The van der Waals surface area contributed by atoms with Crippen molar-refractivity contribution in [1.29, 1.82) is 0 Å². The molecule has 1 aliphatic rings. The molecule has 1 aromatic heterocycles. The average Bonchev–Trinajstić information content (AvgIpc) is 2.79. The fraction of sp³-hybridized carbons (Fsp3) is 0.600. The molecule has 0 amide bonds. The number of rotatable bonds is 3. The van der Waals surface area contributed by atoms with Crippen molar-refractivity contribution in [2.45, 2.75) is 31.4 Å². The maximum atomic E-state index is 5.75. The highest BCUT2D eigenvalue weighted by molar-refractivity contribution is 9.10. The van der Waals surface area contributed by atoms with Crippen LogP contribution in [0.4, 0.5) is 0 Å². The molecule has 0 bridgehead atoms. The van der Waals surface area contributed by atoms with Crippen molar-refractivity contribution in [1.82, 2.24) is 5.43 Å². The molecule has 5 heteroatoms. The van der Waals surface area contributed by atoms with Gasteiger partial charge in [-0.05, 0) is 41.8 Å². The first-order valence-corrected chi connectivity index (χ1v) is 5.79. The zero-order valence-electron chi connectivity index (χ0n) is 8.63. The Hall–Kier alpha value is -0.360. The summed E-state index contributed by atoms with van der Waals surface area (Å²) in [5.41, 5.74) is 2.50. The molecule has 15 heavy (non-hydrogen) atoms. The summed E-state index contributed by atoms with van der Waals surface area (Å²) in [5.74, 6) is 6.38. The van der Waals surface area contributed by atoms with E-state index in [1.165, 1.54) is 0 Å². The SMILES string of the molecule is CC1(C(NN)c2occc2Br)CCCO1. The van der Waals surface area contributed by atoms with Crippen LogP contribution in [-0.2, 0) is 4.74 Å². The number of nitrogens with one attached hydrogen (secondary N) is 1. The smallest absolute Gasteiger partial charge is 0.139 e. The van der Waals surface area contributed by atoms with Crippen LogP contribution < -0.4 is 11.3 Å². The second kappa shape index (κ2) is 4.25. The van der Waals surface area contributed by atoms with Gasteiger partial charge in [0.2, 0.25) is 0 Å². The van der Waals surface area contributed by atoms with Crippen LogP contribution in [0.3, 0.4) is 0 Å². The van der Waals surface area contributed by atoms with Crippen molar-refractivity contribution < 1.29 is 9.15 Å². The number of hydrogen-bond acceptors (Lipinski definition) is 4. The van der Waals surface area contributed by atoms with E-state index >= 15 is 0 Å². The predicted molar refractivity (Wildman–Crippen MR) is 60.1 cm³/mol. The van der Waals surface area contributed by atoms with E-state index in [1.807, 2.05) is 6.07 Å². The van der Waals surface area contributed by atoms with E-state index in [0.29, 0.717) is 0 Å². The largest absolute Gasteiger partial charge is 0.466 e. The standard InChI is InChI=1S/C10H15BrN2O2/c1-10(4-2-5-15-10)9(13-12)8-7(11)3-6-14-8/h3,6,9,13H,2,4-5,12H2,1H3. The van der Waals surface area contributed by atoms with Gasteiger partial charge in [-0.25, -0.2) is 5.43 Å². The van der Waals surface area contributed by atoms with Gasteiger partial charge in [0.25, 0.3) is 0 Å². The Bertz CT molecular complexity index is 334. The zero-order valence-corrected chi connectivity index (χ0v) is 10.2. The molecule has 1 saturated heterocycles. The number of hydrogen-bond donors (Lipinski definition) is 2. The summed E-state index contributed by atoms with van der Waals surface area (Å²) in [5, 5.41) is 0. The fourth-order valence-corrected chi connectivity index (χ4v) is 2.50. The van der Waals surface area contributed by atoms with Crippen molar-refractivity contribution in [3.63, 3.8) is 0 Å². The van der Waals surface area contributed by atoms with Crippen molar-refractivity contribution in [3.8, 4) is 0 Å². The second-order valence-electron chi connectivity index (χ2n) is 4.00. The molecule has 2 rings (SSSR count). The van der Waals surface area contributed by atoms with Gasteiger partial charge >= 0.3 is 0 Å². The molecule has 0 radical (unpaired) electrons. The number of hydrazine groups is 1. The Morgan fingerprint density at radius 2 is 2.47 bits per heavy atom. The molecule has 2 heterocycles. The Balaban J connectivity index is 2.27. The van der Waals surface area contributed by atoms with Crippen LogP contribution in [0.15, 0.2) is 21.2 Å². The molecule has 0 spiro atoms. The van der Waals surface area contributed by atoms with Gasteiger partial charge in [0.15, 0.2) is 0 Å². The highest BCUT2D eigenvalue weighted by Crippen LogP contribution is 2.39. The third kappa shape index (κ3) is 1.97. The quantitative estimate of drug-likeness (QED) is 0.655. The van der Waals surface area contributed by atoms with E-state index in [9.17, 15) is 0 Å². The van der Waals surface area contributed by atoms with Crippen LogP contribution in [0.2, 0.25) is 0 Å². The highest BCUT2D eigenvalue weighted by Gasteiger charge is 2.41. The monoisotopic (exact) mass is 274 g/mol. The molecular formula is C10H15BrN2O2. The van der Waals surface area contributed by atoms with E-state index in [0.717, 1.165) is 29.7 Å². The minimum absolute atomic E-state index is 0.121. The van der Waals surface area contributed by atoms with Gasteiger partial charge in [-0.3, -0.25) is 5.84 Å². The van der Waals surface area contributed by atoms with Gasteiger partial charge in [-0.2, -0.15) is 0 Å². The summed E-state index contributed by atoms with van der Waals surface area (Å²) in [7, 11) is 0. The zero-order chi connectivity index (χ0) is 10.9. The molecule has 3 N–H and O–H groups in total. The molecule has 0 saturated carbocycles. The van der Waals surface area contributed by atoms with Crippen LogP contribution in [0.1, 0.15) is 31.6 Å². The number of furan rings is 1. The van der Waals surface area contributed by atoms with Crippen molar-refractivity contribution in [2.24, 2.45) is 5.84 Å². The minimum Gasteiger partial charge on any atom is -0.466 e. The first-order valence-electron chi connectivity index (χ1n) is 5.00. The summed E-state index contributed by atoms with van der Waals surface area (Å²) >= 11 is 3.43. The minimum atomic E-state index is -0.283. The third-order valence-corrected chi connectivity index (χ3v) is 3.59. The molecule has 0 aromatic carbocycles. The van der Waals surface area contributed by atoms with Crippen LogP contribution in [-0.4, -0.2) is 12.2 Å².